The van der Waals surface area contributed by atoms with Crippen LogP contribution < -0.4 is 9.47 Å². The van der Waals surface area contributed by atoms with Gasteiger partial charge in [-0.2, -0.15) is 5.26 Å². The van der Waals surface area contributed by atoms with E-state index in [0.717, 1.165) is 0 Å². The molecule has 0 saturated carbocycles. The van der Waals surface area contributed by atoms with Crippen molar-refractivity contribution in [3.05, 3.63) is 23.8 Å². The Morgan fingerprint density at radius 2 is 1.91 bits per heavy atom. The molecule has 0 unspecified atom stereocenters. The van der Waals surface area contributed by atoms with Crippen molar-refractivity contribution < 1.29 is 23.8 Å². The molecule has 7 nitrogen and oxygen atoms in total. The van der Waals surface area contributed by atoms with Crippen LogP contribution in [0.3, 0.4) is 0 Å². The van der Waals surface area contributed by atoms with E-state index in [1.54, 1.807) is 13.1 Å². The Labute approximate surface area is 129 Å². The van der Waals surface area contributed by atoms with Crippen molar-refractivity contribution in [3.63, 3.8) is 0 Å². The lowest BCUT2D eigenvalue weighted by molar-refractivity contribution is -0.133. The van der Waals surface area contributed by atoms with Gasteiger partial charge in [0.2, 0.25) is 0 Å². The van der Waals surface area contributed by atoms with Crippen molar-refractivity contribution in [2.24, 2.45) is 0 Å². The molecule has 0 heterocycles. The molecule has 1 aromatic rings. The van der Waals surface area contributed by atoms with Gasteiger partial charge in [0.25, 0.3) is 5.91 Å². The molecular formula is C15H18N2O5. The van der Waals surface area contributed by atoms with Gasteiger partial charge in [-0.15, -0.1) is 0 Å². The Hall–Kier alpha value is -2.75. The first-order chi connectivity index (χ1) is 10.5. The minimum absolute atomic E-state index is 0.228. The largest absolute Gasteiger partial charge is 0.493 e. The van der Waals surface area contributed by atoms with E-state index in [1.165, 1.54) is 31.3 Å². The molecule has 0 spiro atoms. The van der Waals surface area contributed by atoms with Crippen LogP contribution in [0.25, 0.3) is 0 Å². The van der Waals surface area contributed by atoms with Crippen molar-refractivity contribution in [1.29, 1.82) is 5.26 Å². The Morgan fingerprint density at radius 3 is 2.50 bits per heavy atom. The van der Waals surface area contributed by atoms with E-state index in [2.05, 4.69) is 0 Å². The normalized spacial score (nSPS) is 9.55. The van der Waals surface area contributed by atoms with Crippen LogP contribution in [-0.4, -0.2) is 51.2 Å². The standard InChI is InChI=1S/C15H18N2O5/c1-17(8-4-7-16)14(18)10-22-15(19)11-5-6-12(20-2)13(9-11)21-3/h5-6,9H,4,8,10H2,1-3H3. The molecule has 0 saturated heterocycles. The van der Waals surface area contributed by atoms with E-state index in [0.29, 0.717) is 18.0 Å². The highest BCUT2D eigenvalue weighted by atomic mass is 16.5. The summed E-state index contributed by atoms with van der Waals surface area (Å²) in [6, 6.07) is 6.52. The van der Waals surface area contributed by atoms with Crippen LogP contribution in [0.2, 0.25) is 0 Å². The fraction of sp³-hybridized carbons (Fsp3) is 0.400. The highest BCUT2D eigenvalue weighted by Gasteiger charge is 2.15. The lowest BCUT2D eigenvalue weighted by Gasteiger charge is -2.15. The number of benzene rings is 1. The first-order valence-corrected chi connectivity index (χ1v) is 6.53. The molecular weight excluding hydrogens is 288 g/mol. The van der Waals surface area contributed by atoms with Crippen molar-refractivity contribution in [1.82, 2.24) is 4.90 Å². The summed E-state index contributed by atoms with van der Waals surface area (Å²) in [7, 11) is 4.50. The fourth-order valence-corrected chi connectivity index (χ4v) is 1.63. The van der Waals surface area contributed by atoms with Gasteiger partial charge in [-0.25, -0.2) is 4.79 Å². The van der Waals surface area contributed by atoms with Gasteiger partial charge in [0.05, 0.1) is 32.3 Å². The molecule has 0 radical (unpaired) electrons. The Bertz CT molecular complexity index is 580. The maximum atomic E-state index is 11.9. The van der Waals surface area contributed by atoms with Crippen LogP contribution in [0.4, 0.5) is 0 Å². The lowest BCUT2D eigenvalue weighted by atomic mass is 10.2. The Balaban J connectivity index is 2.62. The SMILES string of the molecule is COc1ccc(C(=O)OCC(=O)N(C)CCC#N)cc1OC. The van der Waals surface area contributed by atoms with E-state index in [4.69, 9.17) is 19.5 Å². The summed E-state index contributed by atoms with van der Waals surface area (Å²) in [5.74, 6) is -0.118. The summed E-state index contributed by atoms with van der Waals surface area (Å²) in [6.07, 6.45) is 0.228. The quantitative estimate of drug-likeness (QED) is 0.704. The number of ether oxygens (including phenoxy) is 3. The summed E-state index contributed by atoms with van der Waals surface area (Å²) < 4.78 is 15.1. The Kier molecular flexibility index (Phi) is 6.70. The molecule has 0 N–H and O–H groups in total. The molecule has 0 aliphatic heterocycles. The second-order valence-electron chi connectivity index (χ2n) is 4.37. The predicted molar refractivity (Wildman–Crippen MR) is 77.7 cm³/mol. The van der Waals surface area contributed by atoms with Crippen LogP contribution in [0.1, 0.15) is 16.8 Å². The Morgan fingerprint density at radius 1 is 1.23 bits per heavy atom. The van der Waals surface area contributed by atoms with Crippen LogP contribution in [0.5, 0.6) is 11.5 Å². The van der Waals surface area contributed by atoms with Gasteiger partial charge < -0.3 is 19.1 Å². The molecule has 7 heteroatoms. The number of rotatable bonds is 7. The number of amides is 1. The summed E-state index contributed by atoms with van der Waals surface area (Å²) >= 11 is 0. The molecule has 0 fully saturated rings. The smallest absolute Gasteiger partial charge is 0.338 e. The average Bonchev–Trinajstić information content (AvgIpc) is 2.56. The number of hydrogen-bond donors (Lipinski definition) is 0. The monoisotopic (exact) mass is 306 g/mol. The second-order valence-corrected chi connectivity index (χ2v) is 4.37. The van der Waals surface area contributed by atoms with Crippen LogP contribution >= 0.6 is 0 Å². The van der Waals surface area contributed by atoms with Crippen molar-refractivity contribution in [2.45, 2.75) is 6.42 Å². The highest BCUT2D eigenvalue weighted by Crippen LogP contribution is 2.27. The molecule has 22 heavy (non-hydrogen) atoms. The van der Waals surface area contributed by atoms with E-state index < -0.39 is 5.97 Å². The topological polar surface area (TPSA) is 88.9 Å². The molecule has 1 aromatic carbocycles. The van der Waals surface area contributed by atoms with E-state index in [9.17, 15) is 9.59 Å². The number of hydrogen-bond acceptors (Lipinski definition) is 6. The zero-order chi connectivity index (χ0) is 16.5. The molecule has 0 atom stereocenters. The summed E-state index contributed by atoms with van der Waals surface area (Å²) in [5.41, 5.74) is 0.255. The van der Waals surface area contributed by atoms with E-state index in [1.807, 2.05) is 6.07 Å². The maximum absolute atomic E-state index is 11.9. The maximum Gasteiger partial charge on any atom is 0.338 e. The predicted octanol–water partition coefficient (Wildman–Crippen LogP) is 1.23. The molecule has 0 aromatic heterocycles. The first kappa shape index (κ1) is 17.3. The molecule has 118 valence electrons. The molecule has 0 aliphatic carbocycles. The van der Waals surface area contributed by atoms with E-state index >= 15 is 0 Å². The summed E-state index contributed by atoms with van der Waals surface area (Å²) in [4.78, 5) is 25.0. The second kappa shape index (κ2) is 8.52. The highest BCUT2D eigenvalue weighted by molar-refractivity contribution is 5.92. The van der Waals surface area contributed by atoms with Gasteiger partial charge in [0.1, 0.15) is 0 Å². The molecule has 1 amide bonds. The van der Waals surface area contributed by atoms with Crippen molar-refractivity contribution >= 4 is 11.9 Å². The van der Waals surface area contributed by atoms with Gasteiger partial charge in [0, 0.05) is 13.6 Å². The van der Waals surface area contributed by atoms with Crippen LogP contribution in [0, 0.1) is 11.3 Å². The van der Waals surface area contributed by atoms with Gasteiger partial charge in [-0.05, 0) is 18.2 Å². The van der Waals surface area contributed by atoms with Gasteiger partial charge >= 0.3 is 5.97 Å². The number of carbonyl (C=O) groups excluding carboxylic acids is 2. The third-order valence-corrected chi connectivity index (χ3v) is 2.93. The average molecular weight is 306 g/mol. The van der Waals surface area contributed by atoms with Crippen LogP contribution in [0.15, 0.2) is 18.2 Å². The number of carbonyl (C=O) groups is 2. The molecule has 0 aliphatic rings. The van der Waals surface area contributed by atoms with Gasteiger partial charge in [-0.1, -0.05) is 0 Å². The van der Waals surface area contributed by atoms with Crippen molar-refractivity contribution in [3.8, 4) is 17.6 Å². The zero-order valence-corrected chi connectivity index (χ0v) is 12.8. The number of nitrogens with zero attached hydrogens (tertiary/aromatic N) is 2. The number of likely N-dealkylation sites (N-methyl/N-ethyl adjacent to an activating group) is 1. The summed E-state index contributed by atoms with van der Waals surface area (Å²) in [6.45, 7) is -0.0850. The lowest BCUT2D eigenvalue weighted by Crippen LogP contribution is -2.31. The molecule has 0 bridgehead atoms. The third kappa shape index (κ3) is 4.66. The van der Waals surface area contributed by atoms with Crippen LogP contribution in [-0.2, 0) is 9.53 Å². The summed E-state index contributed by atoms with van der Waals surface area (Å²) in [5, 5.41) is 8.46. The van der Waals surface area contributed by atoms with Crippen molar-refractivity contribution in [2.75, 3.05) is 34.4 Å². The number of nitriles is 1. The zero-order valence-electron chi connectivity index (χ0n) is 12.8. The first-order valence-electron chi connectivity index (χ1n) is 6.53. The van der Waals surface area contributed by atoms with E-state index in [-0.39, 0.29) is 24.5 Å². The molecule has 1 rings (SSSR count). The third-order valence-electron chi connectivity index (χ3n) is 2.93. The fourth-order valence-electron chi connectivity index (χ4n) is 1.63. The number of esters is 1. The minimum Gasteiger partial charge on any atom is -0.493 e. The van der Waals surface area contributed by atoms with Gasteiger partial charge in [-0.3, -0.25) is 4.79 Å². The van der Waals surface area contributed by atoms with Gasteiger partial charge in [0.15, 0.2) is 18.1 Å². The number of methoxy groups -OCH3 is 2. The minimum atomic E-state index is -0.636.